The van der Waals surface area contributed by atoms with Crippen molar-refractivity contribution in [2.75, 3.05) is 13.7 Å². The van der Waals surface area contributed by atoms with Crippen LogP contribution in [0.3, 0.4) is 0 Å². The standard InChI is InChI=1S/C25H33ClO9/c1-12-3-4-14(7-17(12)32-22-21(30)20(29)19(28)18(11-27)33-22)25(31-2)24(34-35-25)15-5-13-6-16(24)10-23(26,8-13)9-15/h3-4,7,13,15-16,18-22,27-30H,5-6,8-11H2,1-2H3. The molecule has 0 amide bonds. The number of benzene rings is 1. The lowest BCUT2D eigenvalue weighted by Gasteiger charge is -2.70. The van der Waals surface area contributed by atoms with Gasteiger partial charge in [0.1, 0.15) is 30.2 Å². The highest BCUT2D eigenvalue weighted by atomic mass is 35.5. The number of hydrogen-bond donors (Lipinski definition) is 4. The fourth-order valence-corrected chi connectivity index (χ4v) is 8.16. The van der Waals surface area contributed by atoms with Crippen LogP contribution in [0, 0.1) is 24.7 Å². The van der Waals surface area contributed by atoms with E-state index >= 15 is 0 Å². The average molecular weight is 513 g/mol. The largest absolute Gasteiger partial charge is 0.462 e. The van der Waals surface area contributed by atoms with Gasteiger partial charge in [0.25, 0.3) is 5.79 Å². The van der Waals surface area contributed by atoms with Gasteiger partial charge in [-0.3, -0.25) is 0 Å². The smallest absolute Gasteiger partial charge is 0.260 e. The van der Waals surface area contributed by atoms with E-state index in [0.717, 1.165) is 37.7 Å². The normalized spacial score (nSPS) is 50.4. The Bertz CT molecular complexity index is 968. The molecule has 8 atom stereocenters. The molecular formula is C25H33ClO9. The van der Waals surface area contributed by atoms with Crippen molar-refractivity contribution in [1.29, 1.82) is 0 Å². The quantitative estimate of drug-likeness (QED) is 0.343. The van der Waals surface area contributed by atoms with Crippen molar-refractivity contribution in [2.24, 2.45) is 17.8 Å². The molecule has 4 saturated carbocycles. The molecule has 1 spiro atoms. The van der Waals surface area contributed by atoms with Crippen molar-refractivity contribution in [3.05, 3.63) is 29.3 Å². The predicted molar refractivity (Wildman–Crippen MR) is 121 cm³/mol. The molecule has 6 fully saturated rings. The molecule has 2 aliphatic heterocycles. The molecule has 2 saturated heterocycles. The van der Waals surface area contributed by atoms with E-state index in [9.17, 15) is 20.4 Å². The maximum Gasteiger partial charge on any atom is 0.260 e. The number of hydrogen-bond acceptors (Lipinski definition) is 9. The highest BCUT2D eigenvalue weighted by Gasteiger charge is 2.78. The molecule has 8 unspecified atom stereocenters. The molecule has 2 heterocycles. The van der Waals surface area contributed by atoms with Crippen LogP contribution in [0.25, 0.3) is 0 Å². The summed E-state index contributed by atoms with van der Waals surface area (Å²) in [5, 5.41) is 40.2. The molecule has 0 aromatic heterocycles. The fourth-order valence-electron chi connectivity index (χ4n) is 7.57. The van der Waals surface area contributed by atoms with E-state index in [1.54, 1.807) is 13.2 Å². The number of methoxy groups -OCH3 is 1. The average Bonchev–Trinajstić information content (AvgIpc) is 2.80. The van der Waals surface area contributed by atoms with Crippen molar-refractivity contribution < 1.29 is 44.4 Å². The van der Waals surface area contributed by atoms with E-state index in [2.05, 4.69) is 0 Å². The molecular weight excluding hydrogens is 480 g/mol. The fraction of sp³-hybridized carbons (Fsp3) is 0.760. The van der Waals surface area contributed by atoms with Gasteiger partial charge in [0.05, 0.1) is 6.61 Å². The van der Waals surface area contributed by atoms with Gasteiger partial charge in [0.15, 0.2) is 5.60 Å². The third-order valence-electron chi connectivity index (χ3n) is 9.09. The zero-order valence-electron chi connectivity index (χ0n) is 19.8. The lowest BCUT2D eigenvalue weighted by molar-refractivity contribution is -0.645. The molecule has 1 aromatic rings. The Morgan fingerprint density at radius 1 is 1.03 bits per heavy atom. The first-order chi connectivity index (χ1) is 16.7. The second-order valence-electron chi connectivity index (χ2n) is 11.1. The van der Waals surface area contributed by atoms with E-state index in [1.807, 2.05) is 19.1 Å². The summed E-state index contributed by atoms with van der Waals surface area (Å²) in [6.07, 6.45) is -2.02. The van der Waals surface area contributed by atoms with Gasteiger partial charge in [0, 0.05) is 17.5 Å². The van der Waals surface area contributed by atoms with Crippen LogP contribution in [-0.4, -0.2) is 75.3 Å². The van der Waals surface area contributed by atoms with Crippen LogP contribution in [0.5, 0.6) is 5.75 Å². The van der Waals surface area contributed by atoms with Crippen LogP contribution in [0.15, 0.2) is 18.2 Å². The van der Waals surface area contributed by atoms with Gasteiger partial charge in [-0.05, 0) is 68.4 Å². The number of alkyl halides is 1. The van der Waals surface area contributed by atoms with Crippen molar-refractivity contribution >= 4 is 11.6 Å². The van der Waals surface area contributed by atoms with Gasteiger partial charge in [-0.1, -0.05) is 12.1 Å². The zero-order valence-corrected chi connectivity index (χ0v) is 20.6. The predicted octanol–water partition coefficient (Wildman–Crippen LogP) is 1.49. The van der Waals surface area contributed by atoms with E-state index < -0.39 is 48.7 Å². The Hall–Kier alpha value is -1.01. The van der Waals surface area contributed by atoms with Crippen LogP contribution in [0.1, 0.15) is 43.2 Å². The second-order valence-corrected chi connectivity index (χ2v) is 11.9. The minimum atomic E-state index is -1.53. The third-order valence-corrected chi connectivity index (χ3v) is 9.55. The molecule has 0 radical (unpaired) electrons. The summed E-state index contributed by atoms with van der Waals surface area (Å²) in [4.78, 5) is 11.7. The summed E-state index contributed by atoms with van der Waals surface area (Å²) in [5.74, 6) is 0.264. The van der Waals surface area contributed by atoms with Crippen molar-refractivity contribution in [3.8, 4) is 5.75 Å². The van der Waals surface area contributed by atoms with Gasteiger partial charge in [-0.2, -0.15) is 4.89 Å². The summed E-state index contributed by atoms with van der Waals surface area (Å²) >= 11 is 6.98. The summed E-state index contributed by atoms with van der Waals surface area (Å²) < 4.78 is 17.6. The van der Waals surface area contributed by atoms with Gasteiger partial charge in [0.2, 0.25) is 6.29 Å². The monoisotopic (exact) mass is 512 g/mol. The van der Waals surface area contributed by atoms with Crippen molar-refractivity contribution in [3.63, 3.8) is 0 Å². The summed E-state index contributed by atoms with van der Waals surface area (Å²) in [6.45, 7) is 1.31. The maximum absolute atomic E-state index is 10.4. The molecule has 4 bridgehead atoms. The number of aliphatic hydroxyl groups is 4. The molecule has 10 heteroatoms. The first kappa shape index (κ1) is 24.3. The van der Waals surface area contributed by atoms with Crippen LogP contribution < -0.4 is 4.74 Å². The SMILES string of the molecule is COC1(c2ccc(C)c(OC3OC(CO)C(O)C(O)C3O)c2)OOC12C1CC3CC2CC(Cl)(C3)C1. The molecule has 9 nitrogen and oxygen atoms in total. The van der Waals surface area contributed by atoms with E-state index in [4.69, 9.17) is 35.6 Å². The number of aliphatic hydroxyl groups excluding tert-OH is 4. The highest BCUT2D eigenvalue weighted by Crippen LogP contribution is 2.71. The molecule has 35 heavy (non-hydrogen) atoms. The van der Waals surface area contributed by atoms with Gasteiger partial charge >= 0.3 is 0 Å². The number of halogens is 1. The first-order valence-electron chi connectivity index (χ1n) is 12.4. The van der Waals surface area contributed by atoms with Crippen LogP contribution in [-0.2, 0) is 25.0 Å². The molecule has 1 aromatic carbocycles. The summed E-state index contributed by atoms with van der Waals surface area (Å²) in [6, 6.07) is 5.57. The van der Waals surface area contributed by atoms with Gasteiger partial charge < -0.3 is 34.6 Å². The van der Waals surface area contributed by atoms with Crippen molar-refractivity contribution in [2.45, 2.75) is 86.0 Å². The minimum Gasteiger partial charge on any atom is -0.462 e. The molecule has 194 valence electrons. The Morgan fingerprint density at radius 2 is 1.74 bits per heavy atom. The second kappa shape index (κ2) is 8.24. The van der Waals surface area contributed by atoms with Crippen LogP contribution in [0.4, 0.5) is 0 Å². The Balaban J connectivity index is 1.32. The number of ether oxygens (including phenoxy) is 3. The maximum atomic E-state index is 10.4. The van der Waals surface area contributed by atoms with Crippen LogP contribution >= 0.6 is 11.6 Å². The molecule has 4 aliphatic carbocycles. The van der Waals surface area contributed by atoms with E-state index in [1.165, 1.54) is 0 Å². The Morgan fingerprint density at radius 3 is 2.31 bits per heavy atom. The van der Waals surface area contributed by atoms with Gasteiger partial charge in [-0.25, -0.2) is 4.89 Å². The number of aryl methyl sites for hydroxylation is 1. The van der Waals surface area contributed by atoms with Crippen LogP contribution in [0.2, 0.25) is 0 Å². The highest BCUT2D eigenvalue weighted by molar-refractivity contribution is 6.24. The Labute approximate surface area is 208 Å². The summed E-state index contributed by atoms with van der Waals surface area (Å²) in [5.41, 5.74) is 0.829. The van der Waals surface area contributed by atoms with Gasteiger partial charge in [-0.15, -0.1) is 11.6 Å². The lowest BCUT2D eigenvalue weighted by Crippen LogP contribution is -2.78. The Kier molecular flexibility index (Phi) is 5.73. The molecule has 7 rings (SSSR count). The minimum absolute atomic E-state index is 0.176. The third kappa shape index (κ3) is 3.30. The first-order valence-corrected chi connectivity index (χ1v) is 12.7. The van der Waals surface area contributed by atoms with Crippen molar-refractivity contribution in [1.82, 2.24) is 0 Å². The topological polar surface area (TPSA) is 127 Å². The summed E-state index contributed by atoms with van der Waals surface area (Å²) in [7, 11) is 1.61. The number of rotatable bonds is 5. The van der Waals surface area contributed by atoms with E-state index in [-0.39, 0.29) is 16.7 Å². The molecule has 6 aliphatic rings. The lowest BCUT2D eigenvalue weighted by atomic mass is 9.46. The molecule has 4 N–H and O–H groups in total. The van der Waals surface area contributed by atoms with E-state index in [0.29, 0.717) is 17.2 Å². The zero-order chi connectivity index (χ0) is 24.8.